The topological polar surface area (TPSA) is 40.2 Å². The Labute approximate surface area is 126 Å². The molecule has 2 N–H and O–H groups in total. The van der Waals surface area contributed by atoms with Gasteiger partial charge in [0.15, 0.2) is 0 Å². The van der Waals surface area contributed by atoms with E-state index in [2.05, 4.69) is 35.0 Å². The van der Waals surface area contributed by atoms with E-state index in [1.807, 2.05) is 0 Å². The first-order chi connectivity index (χ1) is 10.3. The average molecular weight is 284 g/mol. The van der Waals surface area contributed by atoms with E-state index < -0.39 is 0 Å². The third-order valence-electron chi connectivity index (χ3n) is 5.42. The third-order valence-corrected chi connectivity index (χ3v) is 5.42. The fraction of sp³-hybridized carbons (Fsp3) is 0.556. The second-order valence-corrected chi connectivity index (χ2v) is 6.67. The molecule has 1 aromatic carbocycles. The van der Waals surface area contributed by atoms with Gasteiger partial charge in [0.25, 0.3) is 0 Å². The number of fused-ring (bicyclic) bond motifs is 1. The number of benzene rings is 1. The molecule has 2 heterocycles. The van der Waals surface area contributed by atoms with Gasteiger partial charge in [0.05, 0.1) is 11.1 Å². The van der Waals surface area contributed by atoms with E-state index in [1.165, 1.54) is 42.1 Å². The van der Waals surface area contributed by atoms with Gasteiger partial charge < -0.3 is 15.0 Å². The van der Waals surface area contributed by atoms with Crippen molar-refractivity contribution in [3.05, 3.63) is 36.0 Å². The van der Waals surface area contributed by atoms with Crippen LogP contribution >= 0.6 is 0 Å². The van der Waals surface area contributed by atoms with Gasteiger partial charge in [-0.05, 0) is 42.7 Å². The van der Waals surface area contributed by atoms with Crippen molar-refractivity contribution < 1.29 is 4.74 Å². The van der Waals surface area contributed by atoms with Crippen molar-refractivity contribution in [1.82, 2.24) is 4.57 Å². The van der Waals surface area contributed by atoms with Crippen molar-refractivity contribution in [3.8, 4) is 0 Å². The highest BCUT2D eigenvalue weighted by molar-refractivity contribution is 5.83. The van der Waals surface area contributed by atoms with Crippen LogP contribution in [0.4, 0.5) is 0 Å². The average Bonchev–Trinajstić information content (AvgIpc) is 3.14. The van der Waals surface area contributed by atoms with Crippen LogP contribution in [0, 0.1) is 0 Å². The second-order valence-electron chi connectivity index (χ2n) is 6.67. The van der Waals surface area contributed by atoms with Crippen LogP contribution in [0.25, 0.3) is 10.9 Å². The molecule has 1 aliphatic carbocycles. The van der Waals surface area contributed by atoms with E-state index >= 15 is 0 Å². The quantitative estimate of drug-likeness (QED) is 0.912. The minimum Gasteiger partial charge on any atom is -0.375 e. The Bertz CT molecular complexity index is 640. The lowest BCUT2D eigenvalue weighted by molar-refractivity contribution is -0.0889. The van der Waals surface area contributed by atoms with Crippen molar-refractivity contribution in [2.45, 2.75) is 56.7 Å². The van der Waals surface area contributed by atoms with Crippen LogP contribution < -0.4 is 5.73 Å². The van der Waals surface area contributed by atoms with Gasteiger partial charge in [0.1, 0.15) is 0 Å². The number of nitrogens with zero attached hydrogens (tertiary/aromatic N) is 1. The zero-order valence-electron chi connectivity index (χ0n) is 12.6. The molecule has 0 amide bonds. The first kappa shape index (κ1) is 13.4. The summed E-state index contributed by atoms with van der Waals surface area (Å²) < 4.78 is 8.66. The molecule has 0 bridgehead atoms. The molecular weight excluding hydrogens is 260 g/mol. The summed E-state index contributed by atoms with van der Waals surface area (Å²) in [5, 5.41) is 1.31. The smallest absolute Gasteiger partial charge is 0.0702 e. The fourth-order valence-corrected chi connectivity index (χ4v) is 4.37. The van der Waals surface area contributed by atoms with Crippen LogP contribution in [-0.4, -0.2) is 16.8 Å². The second kappa shape index (κ2) is 5.15. The summed E-state index contributed by atoms with van der Waals surface area (Å²) in [6.45, 7) is 1.50. The molecule has 2 fully saturated rings. The normalized spacial score (nSPS) is 24.9. The van der Waals surface area contributed by atoms with Gasteiger partial charge in [-0.25, -0.2) is 0 Å². The van der Waals surface area contributed by atoms with Crippen LogP contribution in [0.5, 0.6) is 0 Å². The summed E-state index contributed by atoms with van der Waals surface area (Å²) >= 11 is 0. The number of hydrogen-bond donors (Lipinski definition) is 1. The highest BCUT2D eigenvalue weighted by atomic mass is 16.5. The Morgan fingerprint density at radius 3 is 2.90 bits per heavy atom. The maximum Gasteiger partial charge on any atom is 0.0702 e. The molecule has 4 rings (SSSR count). The monoisotopic (exact) mass is 284 g/mol. The molecule has 2 aromatic rings. The molecule has 112 valence electrons. The maximum atomic E-state index is 6.19. The number of rotatable bonds is 2. The zero-order chi connectivity index (χ0) is 14.3. The molecule has 1 saturated carbocycles. The Kier molecular flexibility index (Phi) is 3.27. The third kappa shape index (κ3) is 2.19. The number of hydrogen-bond acceptors (Lipinski definition) is 2. The number of aromatic nitrogens is 1. The van der Waals surface area contributed by atoms with E-state index in [4.69, 9.17) is 10.5 Å². The summed E-state index contributed by atoms with van der Waals surface area (Å²) in [5.41, 5.74) is 8.70. The lowest BCUT2D eigenvalue weighted by Gasteiger charge is -2.39. The highest BCUT2D eigenvalue weighted by Gasteiger charge is 2.40. The van der Waals surface area contributed by atoms with E-state index in [-0.39, 0.29) is 5.60 Å². The summed E-state index contributed by atoms with van der Waals surface area (Å²) in [7, 11) is 0. The Balaban J connectivity index is 1.72. The Morgan fingerprint density at radius 1 is 1.24 bits per heavy atom. The first-order valence-corrected chi connectivity index (χ1v) is 8.24. The van der Waals surface area contributed by atoms with E-state index in [9.17, 15) is 0 Å². The van der Waals surface area contributed by atoms with E-state index in [1.54, 1.807) is 0 Å². The Hall–Kier alpha value is -1.32. The minimum absolute atomic E-state index is 0.164. The lowest BCUT2D eigenvalue weighted by Crippen LogP contribution is -2.38. The first-order valence-electron chi connectivity index (χ1n) is 8.24. The molecule has 3 heteroatoms. The molecular formula is C18H24N2O. The molecule has 1 atom stereocenters. The predicted molar refractivity (Wildman–Crippen MR) is 85.3 cm³/mol. The van der Waals surface area contributed by atoms with Gasteiger partial charge in [-0.15, -0.1) is 0 Å². The lowest BCUT2D eigenvalue weighted by atomic mass is 9.88. The van der Waals surface area contributed by atoms with Crippen molar-refractivity contribution in [3.63, 3.8) is 0 Å². The Morgan fingerprint density at radius 2 is 2.10 bits per heavy atom. The predicted octanol–water partition coefficient (Wildman–Crippen LogP) is 3.76. The summed E-state index contributed by atoms with van der Waals surface area (Å²) in [5.74, 6) is 0. The highest BCUT2D eigenvalue weighted by Crippen LogP contribution is 2.44. The van der Waals surface area contributed by atoms with Gasteiger partial charge in [0, 0.05) is 25.4 Å². The van der Waals surface area contributed by atoms with Crippen LogP contribution in [-0.2, 0) is 11.3 Å². The van der Waals surface area contributed by atoms with Gasteiger partial charge >= 0.3 is 0 Å². The largest absolute Gasteiger partial charge is 0.375 e. The fourth-order valence-electron chi connectivity index (χ4n) is 4.37. The zero-order valence-corrected chi connectivity index (χ0v) is 12.6. The van der Waals surface area contributed by atoms with E-state index in [0.717, 1.165) is 19.4 Å². The van der Waals surface area contributed by atoms with E-state index in [0.29, 0.717) is 12.6 Å². The van der Waals surface area contributed by atoms with Gasteiger partial charge in [-0.1, -0.05) is 31.0 Å². The maximum absolute atomic E-state index is 6.19. The molecule has 1 aliphatic heterocycles. The number of nitrogens with two attached hydrogens (primary N) is 1. The van der Waals surface area contributed by atoms with Crippen LogP contribution in [0.15, 0.2) is 30.5 Å². The molecule has 0 radical (unpaired) electrons. The van der Waals surface area contributed by atoms with Gasteiger partial charge in [-0.3, -0.25) is 0 Å². The van der Waals surface area contributed by atoms with Crippen molar-refractivity contribution >= 4 is 10.9 Å². The summed E-state index contributed by atoms with van der Waals surface area (Å²) in [4.78, 5) is 0. The molecule has 1 unspecified atom stereocenters. The van der Waals surface area contributed by atoms with Crippen molar-refractivity contribution in [2.24, 2.45) is 5.73 Å². The van der Waals surface area contributed by atoms with Crippen molar-refractivity contribution in [2.75, 3.05) is 6.61 Å². The molecule has 1 spiro atoms. The molecule has 1 aromatic heterocycles. The molecule has 21 heavy (non-hydrogen) atoms. The number of para-hydroxylation sites is 1. The summed E-state index contributed by atoms with van der Waals surface area (Å²) in [6, 6.07) is 9.24. The number of ether oxygens (including phenoxy) is 1. The van der Waals surface area contributed by atoms with Crippen LogP contribution in [0.3, 0.4) is 0 Å². The standard InChI is InChI=1S/C18H24N2O/c19-13-15-5-3-4-14-6-10-20(17(14)15)16-7-11-21-18(12-16)8-1-2-9-18/h3-6,10,16H,1-2,7-9,11-13,19H2. The van der Waals surface area contributed by atoms with Gasteiger partial charge in [-0.2, -0.15) is 0 Å². The van der Waals surface area contributed by atoms with Gasteiger partial charge in [0.2, 0.25) is 0 Å². The molecule has 3 nitrogen and oxygen atoms in total. The molecule has 2 aliphatic rings. The summed E-state index contributed by atoms with van der Waals surface area (Å²) in [6.07, 6.45) is 9.67. The SMILES string of the molecule is NCc1cccc2ccn(C3CCOC4(CCCC4)C3)c12. The van der Waals surface area contributed by atoms with Crippen LogP contribution in [0.2, 0.25) is 0 Å². The van der Waals surface area contributed by atoms with Crippen molar-refractivity contribution in [1.29, 1.82) is 0 Å². The minimum atomic E-state index is 0.164. The van der Waals surface area contributed by atoms with Crippen LogP contribution in [0.1, 0.15) is 50.1 Å². The molecule has 1 saturated heterocycles.